The number of ether oxygens (including phenoxy) is 3. The maximum atomic E-state index is 15.0. The summed E-state index contributed by atoms with van der Waals surface area (Å²) in [5, 5.41) is 14.5. The summed E-state index contributed by atoms with van der Waals surface area (Å²) >= 11 is 12.8. The first-order chi connectivity index (χ1) is 19.9. The number of carbonyl (C=O) groups excluding carboxylic acids is 1. The average molecular weight is 626 g/mol. The quantitative estimate of drug-likeness (QED) is 0.290. The number of nitrogens with zero attached hydrogens (tertiary/aromatic N) is 1. The van der Waals surface area contributed by atoms with E-state index in [1.165, 1.54) is 29.2 Å². The van der Waals surface area contributed by atoms with E-state index in [4.69, 9.17) is 37.4 Å². The maximum Gasteiger partial charge on any atom is 0.410 e. The van der Waals surface area contributed by atoms with Crippen LogP contribution in [0.25, 0.3) is 0 Å². The van der Waals surface area contributed by atoms with E-state index >= 15 is 0 Å². The second kappa shape index (κ2) is 14.1. The molecule has 4 rings (SSSR count). The highest BCUT2D eigenvalue weighted by Gasteiger charge is 2.42. The van der Waals surface area contributed by atoms with Crippen molar-refractivity contribution in [1.82, 2.24) is 10.2 Å². The van der Waals surface area contributed by atoms with Crippen LogP contribution in [0.1, 0.15) is 75.5 Å². The van der Waals surface area contributed by atoms with E-state index in [1.807, 2.05) is 13.1 Å². The molecule has 0 radical (unpaired) electrons. The van der Waals surface area contributed by atoms with Crippen LogP contribution in [0, 0.1) is 11.7 Å². The summed E-state index contributed by atoms with van der Waals surface area (Å²) in [6, 6.07) is 8.56. The van der Waals surface area contributed by atoms with Crippen LogP contribution in [0.2, 0.25) is 10.0 Å². The van der Waals surface area contributed by atoms with Gasteiger partial charge in [0.2, 0.25) is 0 Å². The molecule has 1 aliphatic heterocycles. The first kappa shape index (κ1) is 32.8. The molecule has 2 fully saturated rings. The molecule has 1 saturated carbocycles. The minimum absolute atomic E-state index is 0.116. The summed E-state index contributed by atoms with van der Waals surface area (Å²) in [7, 11) is 3.32. The number of aliphatic hydroxyl groups excluding tert-OH is 1. The fourth-order valence-corrected chi connectivity index (χ4v) is 6.55. The molecule has 1 amide bonds. The topological polar surface area (TPSA) is 80.3 Å². The Kier molecular flexibility index (Phi) is 11.0. The van der Waals surface area contributed by atoms with E-state index in [2.05, 4.69) is 17.4 Å². The van der Waals surface area contributed by atoms with Gasteiger partial charge in [0.25, 0.3) is 0 Å². The summed E-state index contributed by atoms with van der Waals surface area (Å²) in [4.78, 5) is 14.3. The van der Waals surface area contributed by atoms with Crippen molar-refractivity contribution >= 4 is 29.3 Å². The van der Waals surface area contributed by atoms with E-state index in [9.17, 15) is 14.3 Å². The van der Waals surface area contributed by atoms with Crippen LogP contribution in [0.5, 0.6) is 5.75 Å². The smallest absolute Gasteiger partial charge is 0.410 e. The second-order valence-electron chi connectivity index (χ2n) is 12.5. The molecule has 2 aromatic carbocycles. The Balaban J connectivity index is 1.42. The van der Waals surface area contributed by atoms with Crippen LogP contribution in [0.15, 0.2) is 30.3 Å². The van der Waals surface area contributed by atoms with Crippen LogP contribution in [-0.4, -0.2) is 60.8 Å². The summed E-state index contributed by atoms with van der Waals surface area (Å²) in [5.74, 6) is 0.619. The zero-order chi connectivity index (χ0) is 30.6. The third-order valence-electron chi connectivity index (χ3n) is 8.15. The van der Waals surface area contributed by atoms with Gasteiger partial charge in [0.15, 0.2) is 6.29 Å². The van der Waals surface area contributed by atoms with Gasteiger partial charge in [-0.25, -0.2) is 9.18 Å². The molecule has 2 N–H and O–H groups in total. The van der Waals surface area contributed by atoms with Crippen LogP contribution in [0.3, 0.4) is 0 Å². The van der Waals surface area contributed by atoms with Crippen LogP contribution >= 0.6 is 23.2 Å². The summed E-state index contributed by atoms with van der Waals surface area (Å²) in [6.45, 7) is 6.30. The van der Waals surface area contributed by atoms with Gasteiger partial charge in [-0.05, 0) is 107 Å². The molecule has 232 valence electrons. The summed E-state index contributed by atoms with van der Waals surface area (Å²) in [5.41, 5.74) is 2.60. The van der Waals surface area contributed by atoms with E-state index < -0.39 is 35.9 Å². The normalized spacial score (nSPS) is 23.6. The molecule has 1 unspecified atom stereocenters. The molecular weight excluding hydrogens is 582 g/mol. The van der Waals surface area contributed by atoms with Gasteiger partial charge in [0, 0.05) is 31.2 Å². The monoisotopic (exact) mass is 624 g/mol. The Hall–Kier alpha value is -2.10. The molecule has 7 nitrogen and oxygen atoms in total. The molecule has 0 bridgehead atoms. The van der Waals surface area contributed by atoms with Gasteiger partial charge in [0.05, 0.1) is 17.6 Å². The van der Waals surface area contributed by atoms with Crippen molar-refractivity contribution in [2.75, 3.05) is 20.7 Å². The zero-order valence-electron chi connectivity index (χ0n) is 25.1. The lowest BCUT2D eigenvalue weighted by Crippen LogP contribution is -2.45. The molecule has 3 atom stereocenters. The fourth-order valence-electron chi connectivity index (χ4n) is 6.18. The van der Waals surface area contributed by atoms with Crippen molar-refractivity contribution in [2.24, 2.45) is 5.92 Å². The van der Waals surface area contributed by atoms with Crippen molar-refractivity contribution in [1.29, 1.82) is 0 Å². The number of carbonyl (C=O) groups is 1. The van der Waals surface area contributed by atoms with Gasteiger partial charge >= 0.3 is 6.09 Å². The fraction of sp³-hybridized carbons (Fsp3) is 0.594. The maximum absolute atomic E-state index is 15.0. The number of amides is 1. The largest absolute Gasteiger partial charge is 0.488 e. The predicted molar refractivity (Wildman–Crippen MR) is 163 cm³/mol. The van der Waals surface area contributed by atoms with Gasteiger partial charge in [-0.2, -0.15) is 0 Å². The number of aliphatic hydroxyl groups is 1. The predicted octanol–water partition coefficient (Wildman–Crippen LogP) is 7.09. The van der Waals surface area contributed by atoms with E-state index in [0.717, 1.165) is 37.3 Å². The lowest BCUT2D eigenvalue weighted by atomic mass is 9.75. The highest BCUT2D eigenvalue weighted by molar-refractivity contribution is 6.31. The Morgan fingerprint density at radius 1 is 1.14 bits per heavy atom. The van der Waals surface area contributed by atoms with Gasteiger partial charge in [-0.3, -0.25) is 4.90 Å². The van der Waals surface area contributed by atoms with Crippen molar-refractivity contribution < 1.29 is 28.5 Å². The van der Waals surface area contributed by atoms with E-state index in [-0.39, 0.29) is 11.6 Å². The number of hydrogen-bond donors (Lipinski definition) is 2. The molecule has 42 heavy (non-hydrogen) atoms. The number of halogens is 3. The lowest BCUT2D eigenvalue weighted by molar-refractivity contribution is -0.116. The highest BCUT2D eigenvalue weighted by Crippen LogP contribution is 2.41. The van der Waals surface area contributed by atoms with Gasteiger partial charge in [-0.1, -0.05) is 29.3 Å². The van der Waals surface area contributed by atoms with Crippen LogP contribution < -0.4 is 10.1 Å². The lowest BCUT2D eigenvalue weighted by Gasteiger charge is -2.30. The number of hydrogen-bond acceptors (Lipinski definition) is 6. The third kappa shape index (κ3) is 8.29. The standard InChI is InChI=1S/C32H43Cl2FN2O5/c1-32(2,3)42-31(39)37-18-25(16-28(37)30(38)40-5)41-24-13-22(29(34)27(35)15-24)12-19-6-8-20(9-7-19)26-14-23(33)11-10-21(26)17-36-4/h10-11,13-15,19-20,25,28,30,36,38H,6-9,12,16-18H2,1-5H3/t19?,20?,25-,28-,30?/m0/s1. The molecule has 2 aromatic rings. The van der Waals surface area contributed by atoms with E-state index in [0.29, 0.717) is 36.0 Å². The van der Waals surface area contributed by atoms with Gasteiger partial charge in [0.1, 0.15) is 23.3 Å². The molecule has 1 aliphatic carbocycles. The molecule has 1 heterocycles. The minimum atomic E-state index is -1.21. The van der Waals surface area contributed by atoms with Crippen molar-refractivity contribution in [3.05, 3.63) is 62.9 Å². The summed E-state index contributed by atoms with van der Waals surface area (Å²) < 4.78 is 31.8. The van der Waals surface area contributed by atoms with Gasteiger partial charge in [-0.15, -0.1) is 0 Å². The van der Waals surface area contributed by atoms with Crippen molar-refractivity contribution in [2.45, 2.75) is 95.8 Å². The van der Waals surface area contributed by atoms with Crippen LogP contribution in [-0.2, 0) is 22.4 Å². The Labute approximate surface area is 258 Å². The van der Waals surface area contributed by atoms with Gasteiger partial charge < -0.3 is 24.6 Å². The Bertz CT molecular complexity index is 1230. The molecule has 1 saturated heterocycles. The first-order valence-electron chi connectivity index (χ1n) is 14.7. The highest BCUT2D eigenvalue weighted by atomic mass is 35.5. The molecule has 0 aromatic heterocycles. The van der Waals surface area contributed by atoms with E-state index in [1.54, 1.807) is 26.8 Å². The SMILES string of the molecule is CNCc1ccc(Cl)cc1C1CCC(Cc2cc(O[C@H]3C[C@@H](C(O)OC)N(C(=O)OC(C)(C)C)C3)cc(F)c2Cl)CC1. The van der Waals surface area contributed by atoms with Crippen molar-refractivity contribution in [3.8, 4) is 5.75 Å². The summed E-state index contributed by atoms with van der Waals surface area (Å²) in [6.07, 6.45) is 2.76. The number of likely N-dealkylation sites (tertiary alicyclic amines) is 1. The number of nitrogens with one attached hydrogen (secondary N) is 1. The van der Waals surface area contributed by atoms with Crippen molar-refractivity contribution in [3.63, 3.8) is 0 Å². The van der Waals surface area contributed by atoms with Crippen LogP contribution in [0.4, 0.5) is 9.18 Å². The Morgan fingerprint density at radius 3 is 2.50 bits per heavy atom. The molecule has 0 spiro atoms. The second-order valence-corrected chi connectivity index (χ2v) is 13.3. The molecular formula is C32H43Cl2FN2O5. The average Bonchev–Trinajstić information content (AvgIpc) is 3.35. The minimum Gasteiger partial charge on any atom is -0.488 e. The number of rotatable bonds is 9. The third-order valence-corrected chi connectivity index (χ3v) is 8.81. The zero-order valence-corrected chi connectivity index (χ0v) is 26.6. The molecule has 2 aliphatic rings. The first-order valence-corrected chi connectivity index (χ1v) is 15.4. The molecule has 10 heteroatoms. The number of methoxy groups -OCH3 is 1. The Morgan fingerprint density at radius 2 is 1.86 bits per heavy atom. The number of benzene rings is 2.